The van der Waals surface area contributed by atoms with E-state index in [2.05, 4.69) is 24.4 Å². The molecule has 3 heteroatoms. The van der Waals surface area contributed by atoms with Gasteiger partial charge in [0.05, 0.1) is 6.04 Å². The number of hydrogen-bond acceptors (Lipinski definition) is 2. The van der Waals surface area contributed by atoms with E-state index in [1.54, 1.807) is 0 Å². The molecule has 1 aliphatic rings. The lowest BCUT2D eigenvalue weighted by Gasteiger charge is -2.29. The zero-order valence-electron chi connectivity index (χ0n) is 11.3. The summed E-state index contributed by atoms with van der Waals surface area (Å²) in [5.74, 6) is 0.209. The van der Waals surface area contributed by atoms with E-state index in [0.717, 1.165) is 31.6 Å². The van der Waals surface area contributed by atoms with Crippen molar-refractivity contribution < 1.29 is 4.79 Å². The Kier molecular flexibility index (Phi) is 4.37. The van der Waals surface area contributed by atoms with Crippen LogP contribution in [0.3, 0.4) is 0 Å². The van der Waals surface area contributed by atoms with Crippen LogP contribution in [0.25, 0.3) is 0 Å². The molecule has 0 spiro atoms. The van der Waals surface area contributed by atoms with Crippen LogP contribution in [0.4, 0.5) is 5.69 Å². The largest absolute Gasteiger partial charge is 0.311 e. The minimum Gasteiger partial charge on any atom is -0.311 e. The van der Waals surface area contributed by atoms with Crippen LogP contribution in [0.5, 0.6) is 0 Å². The minimum atomic E-state index is 0.00000283. The van der Waals surface area contributed by atoms with Gasteiger partial charge in [-0.2, -0.15) is 0 Å². The van der Waals surface area contributed by atoms with Crippen molar-refractivity contribution in [3.63, 3.8) is 0 Å². The van der Waals surface area contributed by atoms with E-state index >= 15 is 0 Å². The molecule has 18 heavy (non-hydrogen) atoms. The standard InChI is InChI=1S/C15H22N2O/c1-3-17(13-9-7-12(2)8-10-13)15(18)14-6-4-5-11-16-14/h7-10,14,16H,3-6,11H2,1-2H3. The van der Waals surface area contributed by atoms with Gasteiger partial charge in [0, 0.05) is 12.2 Å². The zero-order valence-corrected chi connectivity index (χ0v) is 11.3. The van der Waals surface area contributed by atoms with Gasteiger partial charge in [-0.25, -0.2) is 0 Å². The Morgan fingerprint density at radius 1 is 1.33 bits per heavy atom. The van der Waals surface area contributed by atoms with Crippen molar-refractivity contribution in [2.45, 2.75) is 39.2 Å². The first-order valence-corrected chi connectivity index (χ1v) is 6.84. The molecule has 1 unspecified atom stereocenters. The number of nitrogens with zero attached hydrogens (tertiary/aromatic N) is 1. The van der Waals surface area contributed by atoms with E-state index in [0.29, 0.717) is 0 Å². The topological polar surface area (TPSA) is 32.3 Å². The molecule has 0 aliphatic carbocycles. The summed E-state index contributed by atoms with van der Waals surface area (Å²) >= 11 is 0. The van der Waals surface area contributed by atoms with Gasteiger partial charge in [-0.1, -0.05) is 24.1 Å². The highest BCUT2D eigenvalue weighted by Gasteiger charge is 2.25. The van der Waals surface area contributed by atoms with E-state index in [9.17, 15) is 4.79 Å². The molecular weight excluding hydrogens is 224 g/mol. The van der Waals surface area contributed by atoms with Crippen molar-refractivity contribution in [2.75, 3.05) is 18.0 Å². The quantitative estimate of drug-likeness (QED) is 0.888. The number of carbonyl (C=O) groups excluding carboxylic acids is 1. The molecule has 1 heterocycles. The van der Waals surface area contributed by atoms with Crippen LogP contribution >= 0.6 is 0 Å². The molecule has 0 radical (unpaired) electrons. The van der Waals surface area contributed by atoms with E-state index in [1.165, 1.54) is 12.0 Å². The first-order valence-electron chi connectivity index (χ1n) is 6.84. The van der Waals surface area contributed by atoms with Gasteiger partial charge in [0.2, 0.25) is 5.91 Å². The molecule has 1 amide bonds. The fourth-order valence-corrected chi connectivity index (χ4v) is 2.44. The summed E-state index contributed by atoms with van der Waals surface area (Å²) < 4.78 is 0. The van der Waals surface area contributed by atoms with Crippen LogP contribution in [-0.2, 0) is 4.79 Å². The fourth-order valence-electron chi connectivity index (χ4n) is 2.44. The number of benzene rings is 1. The number of aryl methyl sites for hydroxylation is 1. The van der Waals surface area contributed by atoms with Crippen LogP contribution in [0.15, 0.2) is 24.3 Å². The van der Waals surface area contributed by atoms with Gasteiger partial charge in [0.25, 0.3) is 0 Å². The zero-order chi connectivity index (χ0) is 13.0. The Morgan fingerprint density at radius 3 is 2.61 bits per heavy atom. The molecule has 98 valence electrons. The van der Waals surface area contributed by atoms with Crippen LogP contribution in [0, 0.1) is 6.92 Å². The second-order valence-electron chi connectivity index (χ2n) is 4.92. The van der Waals surface area contributed by atoms with Crippen molar-refractivity contribution in [2.24, 2.45) is 0 Å². The number of likely N-dealkylation sites (N-methyl/N-ethyl adjacent to an activating group) is 1. The third kappa shape index (κ3) is 2.91. The van der Waals surface area contributed by atoms with Gasteiger partial charge in [-0.3, -0.25) is 4.79 Å². The second kappa shape index (κ2) is 6.01. The van der Waals surface area contributed by atoms with Crippen LogP contribution in [0.1, 0.15) is 31.7 Å². The van der Waals surface area contributed by atoms with Gasteiger partial charge < -0.3 is 10.2 Å². The third-order valence-electron chi connectivity index (χ3n) is 3.54. The van der Waals surface area contributed by atoms with Crippen LogP contribution in [0.2, 0.25) is 0 Å². The molecular formula is C15H22N2O. The molecule has 1 aromatic carbocycles. The summed E-state index contributed by atoms with van der Waals surface area (Å²) in [5.41, 5.74) is 2.22. The highest BCUT2D eigenvalue weighted by atomic mass is 16.2. The first-order chi connectivity index (χ1) is 8.72. The first kappa shape index (κ1) is 13.1. The number of carbonyl (C=O) groups is 1. The predicted molar refractivity (Wildman–Crippen MR) is 74.8 cm³/mol. The van der Waals surface area contributed by atoms with E-state index in [1.807, 2.05) is 24.0 Å². The maximum atomic E-state index is 12.5. The number of piperidine rings is 1. The average Bonchev–Trinajstić information content (AvgIpc) is 2.42. The Hall–Kier alpha value is -1.35. The number of hydrogen-bond donors (Lipinski definition) is 1. The summed E-state index contributed by atoms with van der Waals surface area (Å²) in [5, 5.41) is 3.32. The van der Waals surface area contributed by atoms with Gasteiger partial charge >= 0.3 is 0 Å². The maximum absolute atomic E-state index is 12.5. The van der Waals surface area contributed by atoms with E-state index < -0.39 is 0 Å². The summed E-state index contributed by atoms with van der Waals surface area (Å²) in [4.78, 5) is 14.4. The Morgan fingerprint density at radius 2 is 2.06 bits per heavy atom. The van der Waals surface area contributed by atoms with Gasteiger partial charge in [0.15, 0.2) is 0 Å². The Labute approximate surface area is 109 Å². The summed E-state index contributed by atoms with van der Waals surface area (Å²) in [6.45, 7) is 5.77. The molecule has 1 aliphatic heterocycles. The normalized spacial score (nSPS) is 19.6. The molecule has 1 fully saturated rings. The lowest BCUT2D eigenvalue weighted by molar-refractivity contribution is -0.121. The second-order valence-corrected chi connectivity index (χ2v) is 4.92. The minimum absolute atomic E-state index is 0.00000283. The predicted octanol–water partition coefficient (Wildman–Crippen LogP) is 2.49. The Bertz CT molecular complexity index is 393. The fraction of sp³-hybridized carbons (Fsp3) is 0.533. The highest BCUT2D eigenvalue weighted by molar-refractivity contribution is 5.97. The third-order valence-corrected chi connectivity index (χ3v) is 3.54. The molecule has 1 aromatic rings. The maximum Gasteiger partial charge on any atom is 0.244 e. The van der Waals surface area contributed by atoms with Crippen molar-refractivity contribution >= 4 is 11.6 Å². The van der Waals surface area contributed by atoms with Crippen molar-refractivity contribution in [1.82, 2.24) is 5.32 Å². The van der Waals surface area contributed by atoms with Crippen molar-refractivity contribution in [3.8, 4) is 0 Å². The number of amides is 1. The molecule has 0 saturated carbocycles. The van der Waals surface area contributed by atoms with E-state index in [-0.39, 0.29) is 11.9 Å². The SMILES string of the molecule is CCN(C(=O)C1CCCCN1)c1ccc(C)cc1. The molecule has 1 saturated heterocycles. The van der Waals surface area contributed by atoms with Crippen LogP contribution < -0.4 is 10.2 Å². The lowest BCUT2D eigenvalue weighted by Crippen LogP contribution is -2.48. The van der Waals surface area contributed by atoms with Gasteiger partial charge in [-0.05, 0) is 45.4 Å². The molecule has 0 bridgehead atoms. The molecule has 1 atom stereocenters. The summed E-state index contributed by atoms with van der Waals surface area (Å²) in [6.07, 6.45) is 3.29. The average molecular weight is 246 g/mol. The highest BCUT2D eigenvalue weighted by Crippen LogP contribution is 2.18. The molecule has 2 rings (SSSR count). The van der Waals surface area contributed by atoms with E-state index in [4.69, 9.17) is 0 Å². The smallest absolute Gasteiger partial charge is 0.244 e. The number of rotatable bonds is 3. The molecule has 1 N–H and O–H groups in total. The van der Waals surface area contributed by atoms with Crippen molar-refractivity contribution in [3.05, 3.63) is 29.8 Å². The van der Waals surface area contributed by atoms with Crippen LogP contribution in [-0.4, -0.2) is 25.0 Å². The van der Waals surface area contributed by atoms with Gasteiger partial charge in [-0.15, -0.1) is 0 Å². The van der Waals surface area contributed by atoms with Gasteiger partial charge in [0.1, 0.15) is 0 Å². The monoisotopic (exact) mass is 246 g/mol. The number of anilines is 1. The Balaban J connectivity index is 2.12. The summed E-state index contributed by atoms with van der Waals surface area (Å²) in [6, 6.07) is 8.16. The molecule has 0 aromatic heterocycles. The van der Waals surface area contributed by atoms with Crippen molar-refractivity contribution in [1.29, 1.82) is 0 Å². The molecule has 3 nitrogen and oxygen atoms in total. The lowest BCUT2D eigenvalue weighted by atomic mass is 10.0. The number of nitrogens with one attached hydrogen (secondary N) is 1. The summed E-state index contributed by atoms with van der Waals surface area (Å²) in [7, 11) is 0.